The highest BCUT2D eigenvalue weighted by Gasteiger charge is 2.19. The second-order valence-electron chi connectivity index (χ2n) is 6.02. The predicted molar refractivity (Wildman–Crippen MR) is 89.4 cm³/mol. The van der Waals surface area contributed by atoms with E-state index in [4.69, 9.17) is 14.0 Å². The number of rotatable bonds is 6. The first kappa shape index (κ1) is 17.0. The summed E-state index contributed by atoms with van der Waals surface area (Å²) in [5.41, 5.74) is 2.60. The number of fused-ring (bicyclic) bond motifs is 1. The molecule has 7 nitrogen and oxygen atoms in total. The van der Waals surface area contributed by atoms with Crippen LogP contribution in [0.15, 0.2) is 28.8 Å². The maximum absolute atomic E-state index is 11.9. The second kappa shape index (κ2) is 7.38. The SMILES string of the molecule is Cc1cc(NC(=O)[C@@H](C)OC(=O)COc2ccc3c(c2)CCC3)no1. The van der Waals surface area contributed by atoms with Gasteiger partial charge in [-0.25, -0.2) is 4.79 Å². The zero-order chi connectivity index (χ0) is 17.8. The lowest BCUT2D eigenvalue weighted by Crippen LogP contribution is -2.31. The number of nitrogens with one attached hydrogen (secondary N) is 1. The van der Waals surface area contributed by atoms with Crippen LogP contribution in [0, 0.1) is 6.92 Å². The molecule has 0 aliphatic heterocycles. The van der Waals surface area contributed by atoms with E-state index in [0.717, 1.165) is 19.3 Å². The van der Waals surface area contributed by atoms with Crippen LogP contribution >= 0.6 is 0 Å². The molecule has 1 N–H and O–H groups in total. The molecule has 0 unspecified atom stereocenters. The lowest BCUT2D eigenvalue weighted by atomic mass is 10.1. The minimum atomic E-state index is -0.965. The van der Waals surface area contributed by atoms with Gasteiger partial charge in [-0.2, -0.15) is 0 Å². The minimum absolute atomic E-state index is 0.251. The van der Waals surface area contributed by atoms with Gasteiger partial charge in [-0.1, -0.05) is 11.2 Å². The monoisotopic (exact) mass is 344 g/mol. The fraction of sp³-hybridized carbons (Fsp3) is 0.389. The molecule has 1 atom stereocenters. The van der Waals surface area contributed by atoms with Crippen molar-refractivity contribution in [2.75, 3.05) is 11.9 Å². The third kappa shape index (κ3) is 4.37. The van der Waals surface area contributed by atoms with E-state index in [1.807, 2.05) is 18.2 Å². The maximum Gasteiger partial charge on any atom is 0.344 e. The van der Waals surface area contributed by atoms with Crippen LogP contribution in [-0.2, 0) is 27.2 Å². The normalized spacial score (nSPS) is 13.8. The Morgan fingerprint density at radius 3 is 2.84 bits per heavy atom. The van der Waals surface area contributed by atoms with Gasteiger partial charge < -0.3 is 19.3 Å². The first-order valence-electron chi connectivity index (χ1n) is 8.19. The number of amides is 1. The number of nitrogens with zero attached hydrogens (tertiary/aromatic N) is 1. The number of hydrogen-bond donors (Lipinski definition) is 1. The van der Waals surface area contributed by atoms with E-state index in [1.165, 1.54) is 18.1 Å². The van der Waals surface area contributed by atoms with Crippen molar-refractivity contribution >= 4 is 17.7 Å². The van der Waals surface area contributed by atoms with Gasteiger partial charge in [0.1, 0.15) is 11.5 Å². The number of carbonyl (C=O) groups excluding carboxylic acids is 2. The lowest BCUT2D eigenvalue weighted by molar-refractivity contribution is -0.155. The van der Waals surface area contributed by atoms with Crippen LogP contribution in [-0.4, -0.2) is 29.7 Å². The summed E-state index contributed by atoms with van der Waals surface area (Å²) in [6.07, 6.45) is 2.32. The highest BCUT2D eigenvalue weighted by Crippen LogP contribution is 2.26. The van der Waals surface area contributed by atoms with Crippen LogP contribution in [0.3, 0.4) is 0 Å². The van der Waals surface area contributed by atoms with Crippen LogP contribution in [0.4, 0.5) is 5.82 Å². The molecule has 0 saturated heterocycles. The Balaban J connectivity index is 1.46. The van der Waals surface area contributed by atoms with Gasteiger partial charge in [0.15, 0.2) is 18.5 Å². The van der Waals surface area contributed by atoms with E-state index in [2.05, 4.69) is 10.5 Å². The van der Waals surface area contributed by atoms with Crippen LogP contribution in [0.5, 0.6) is 5.75 Å². The summed E-state index contributed by atoms with van der Waals surface area (Å²) < 4.78 is 15.4. The number of ether oxygens (including phenoxy) is 2. The van der Waals surface area contributed by atoms with Crippen molar-refractivity contribution in [1.82, 2.24) is 5.16 Å². The summed E-state index contributed by atoms with van der Waals surface area (Å²) in [4.78, 5) is 23.8. The molecule has 1 amide bonds. The van der Waals surface area contributed by atoms with E-state index in [9.17, 15) is 9.59 Å². The Bertz CT molecular complexity index is 784. The van der Waals surface area contributed by atoms with E-state index in [-0.39, 0.29) is 12.4 Å². The summed E-state index contributed by atoms with van der Waals surface area (Å²) in [5.74, 6) is 0.383. The van der Waals surface area contributed by atoms with E-state index in [1.54, 1.807) is 13.0 Å². The van der Waals surface area contributed by atoms with Gasteiger partial charge in [0.2, 0.25) is 0 Å². The van der Waals surface area contributed by atoms with E-state index >= 15 is 0 Å². The largest absolute Gasteiger partial charge is 0.482 e. The number of aromatic nitrogens is 1. The first-order chi connectivity index (χ1) is 12.0. The van der Waals surface area contributed by atoms with Crippen molar-refractivity contribution in [2.45, 2.75) is 39.2 Å². The van der Waals surface area contributed by atoms with Gasteiger partial charge in [0.05, 0.1) is 0 Å². The molecule has 2 aromatic rings. The molecule has 7 heteroatoms. The minimum Gasteiger partial charge on any atom is -0.482 e. The third-order valence-corrected chi connectivity index (χ3v) is 3.98. The maximum atomic E-state index is 11.9. The Morgan fingerprint density at radius 1 is 1.28 bits per heavy atom. The van der Waals surface area contributed by atoms with Gasteiger partial charge in [-0.15, -0.1) is 0 Å². The van der Waals surface area contributed by atoms with Gasteiger partial charge in [-0.05, 0) is 56.4 Å². The summed E-state index contributed by atoms with van der Waals surface area (Å²) in [6.45, 7) is 2.94. The molecule has 0 saturated carbocycles. The highest BCUT2D eigenvalue weighted by atomic mass is 16.6. The molecule has 1 aliphatic carbocycles. The number of esters is 1. The number of hydrogen-bond acceptors (Lipinski definition) is 6. The Hall–Kier alpha value is -2.83. The number of benzene rings is 1. The molecule has 132 valence electrons. The molecule has 0 spiro atoms. The number of aryl methyl sites for hydroxylation is 3. The van der Waals surface area contributed by atoms with Crippen LogP contribution in [0.25, 0.3) is 0 Å². The molecule has 0 bridgehead atoms. The predicted octanol–water partition coefficient (Wildman–Crippen LogP) is 2.42. The van der Waals surface area contributed by atoms with Crippen molar-refractivity contribution in [1.29, 1.82) is 0 Å². The quantitative estimate of drug-likeness (QED) is 0.809. The molecule has 1 heterocycles. The second-order valence-corrected chi connectivity index (χ2v) is 6.02. The average molecular weight is 344 g/mol. The third-order valence-electron chi connectivity index (χ3n) is 3.98. The number of anilines is 1. The first-order valence-corrected chi connectivity index (χ1v) is 8.19. The molecule has 1 aliphatic rings. The molecule has 25 heavy (non-hydrogen) atoms. The van der Waals surface area contributed by atoms with Crippen molar-refractivity contribution in [3.8, 4) is 5.75 Å². The zero-order valence-electron chi connectivity index (χ0n) is 14.2. The summed E-state index contributed by atoms with van der Waals surface area (Å²) in [6, 6.07) is 7.40. The molecule has 0 radical (unpaired) electrons. The zero-order valence-corrected chi connectivity index (χ0v) is 14.2. The van der Waals surface area contributed by atoms with Gasteiger partial charge in [0, 0.05) is 6.07 Å². The van der Waals surface area contributed by atoms with Crippen LogP contribution in [0.2, 0.25) is 0 Å². The summed E-state index contributed by atoms with van der Waals surface area (Å²) >= 11 is 0. The molecular formula is C18H20N2O5. The molecule has 1 aromatic carbocycles. The molecule has 3 rings (SSSR count). The van der Waals surface area contributed by atoms with Gasteiger partial charge in [-0.3, -0.25) is 4.79 Å². The topological polar surface area (TPSA) is 90.7 Å². The van der Waals surface area contributed by atoms with Crippen molar-refractivity contribution < 1.29 is 23.6 Å². The number of carbonyl (C=O) groups is 2. The molecular weight excluding hydrogens is 324 g/mol. The van der Waals surface area contributed by atoms with E-state index < -0.39 is 18.0 Å². The Labute approximate surface area is 145 Å². The summed E-state index contributed by atoms with van der Waals surface area (Å²) in [7, 11) is 0. The Kier molecular flexibility index (Phi) is 5.02. The van der Waals surface area contributed by atoms with E-state index in [0.29, 0.717) is 11.5 Å². The highest BCUT2D eigenvalue weighted by molar-refractivity contribution is 5.94. The fourth-order valence-electron chi connectivity index (χ4n) is 2.72. The standard InChI is InChI=1S/C18H20N2O5/c1-11-8-16(20-25-11)19-18(22)12(2)24-17(21)10-23-15-7-6-13-4-3-5-14(13)9-15/h6-9,12H,3-5,10H2,1-2H3,(H,19,20,22)/t12-/m1/s1. The molecule has 1 aromatic heterocycles. The Morgan fingerprint density at radius 2 is 2.08 bits per heavy atom. The van der Waals surface area contributed by atoms with Crippen molar-refractivity contribution in [3.05, 3.63) is 41.2 Å². The molecule has 0 fully saturated rings. The average Bonchev–Trinajstić information content (AvgIpc) is 3.21. The van der Waals surface area contributed by atoms with Gasteiger partial charge >= 0.3 is 5.97 Å². The smallest absolute Gasteiger partial charge is 0.344 e. The fourth-order valence-corrected chi connectivity index (χ4v) is 2.72. The van der Waals surface area contributed by atoms with Gasteiger partial charge in [0.25, 0.3) is 5.91 Å². The summed E-state index contributed by atoms with van der Waals surface area (Å²) in [5, 5.41) is 6.16. The van der Waals surface area contributed by atoms with Crippen LogP contribution in [0.1, 0.15) is 30.2 Å². The lowest BCUT2D eigenvalue weighted by Gasteiger charge is -2.13. The van der Waals surface area contributed by atoms with Crippen LogP contribution < -0.4 is 10.1 Å². The van der Waals surface area contributed by atoms with Crippen molar-refractivity contribution in [2.24, 2.45) is 0 Å². The van der Waals surface area contributed by atoms with Crippen molar-refractivity contribution in [3.63, 3.8) is 0 Å².